The third kappa shape index (κ3) is 3.27. The Hall–Kier alpha value is -2.31. The molecule has 7 heteroatoms. The van der Waals surface area contributed by atoms with E-state index < -0.39 is 15.9 Å². The van der Waals surface area contributed by atoms with Crippen LogP contribution in [0, 0.1) is 6.92 Å². The average Bonchev–Trinajstić information content (AvgIpc) is 2.91. The van der Waals surface area contributed by atoms with Crippen LogP contribution < -0.4 is 4.72 Å². The minimum Gasteiger partial charge on any atom is -0.358 e. The van der Waals surface area contributed by atoms with Crippen LogP contribution in [0.5, 0.6) is 0 Å². The number of rotatable bonds is 4. The van der Waals surface area contributed by atoms with Gasteiger partial charge in [0.2, 0.25) is 0 Å². The highest BCUT2D eigenvalue weighted by Gasteiger charge is 2.21. The van der Waals surface area contributed by atoms with Gasteiger partial charge in [-0.2, -0.15) is 0 Å². The fourth-order valence-electron chi connectivity index (χ4n) is 2.80. The van der Waals surface area contributed by atoms with E-state index in [1.807, 2.05) is 19.9 Å². The Bertz CT molecular complexity index is 1050. The number of halogens is 1. The molecule has 0 atom stereocenters. The van der Waals surface area contributed by atoms with E-state index in [1.165, 1.54) is 24.3 Å². The summed E-state index contributed by atoms with van der Waals surface area (Å²) in [6, 6.07) is 10.9. The number of nitrogens with one attached hydrogen (secondary N) is 2. The number of H-pyrrole nitrogens is 1. The number of para-hydroxylation sites is 1. The highest BCUT2D eigenvalue weighted by Crippen LogP contribution is 2.25. The first kappa shape index (κ1) is 17.5. The largest absolute Gasteiger partial charge is 0.358 e. The predicted molar refractivity (Wildman–Crippen MR) is 98.5 cm³/mol. The van der Waals surface area contributed by atoms with E-state index in [0.717, 1.165) is 23.1 Å². The summed E-state index contributed by atoms with van der Waals surface area (Å²) in [7, 11) is -3.97. The van der Waals surface area contributed by atoms with Crippen molar-refractivity contribution in [3.8, 4) is 0 Å². The van der Waals surface area contributed by atoms with Crippen molar-refractivity contribution in [2.45, 2.75) is 25.2 Å². The monoisotopic (exact) mass is 376 g/mol. The van der Waals surface area contributed by atoms with Crippen LogP contribution in [0.4, 0.5) is 0 Å². The molecule has 1 amide bonds. The van der Waals surface area contributed by atoms with Crippen molar-refractivity contribution in [2.75, 3.05) is 0 Å². The molecule has 0 fully saturated rings. The van der Waals surface area contributed by atoms with E-state index in [4.69, 9.17) is 11.6 Å². The molecule has 25 heavy (non-hydrogen) atoms. The van der Waals surface area contributed by atoms with E-state index in [1.54, 1.807) is 12.1 Å². The van der Waals surface area contributed by atoms with Crippen molar-refractivity contribution >= 4 is 38.4 Å². The molecule has 0 saturated carbocycles. The molecule has 2 N–H and O–H groups in total. The zero-order chi connectivity index (χ0) is 18.2. The van der Waals surface area contributed by atoms with Gasteiger partial charge in [0, 0.05) is 16.1 Å². The fraction of sp³-hybridized carbons (Fsp3) is 0.167. The number of carbonyl (C=O) groups is 1. The maximum Gasteiger partial charge on any atom is 0.267 e. The van der Waals surface area contributed by atoms with Crippen molar-refractivity contribution in [3.63, 3.8) is 0 Å². The standard InChI is InChI=1S/C18H17ClN2O3S/c1-3-16-11(2)14-5-4-6-15(17(14)20-16)18(22)21-25(23,24)13-9-7-12(19)8-10-13/h4-10,20H,3H2,1-2H3,(H,21,22). The van der Waals surface area contributed by atoms with Gasteiger partial charge in [0.25, 0.3) is 15.9 Å². The van der Waals surface area contributed by atoms with Crippen molar-refractivity contribution in [2.24, 2.45) is 0 Å². The Kier molecular flexibility index (Phi) is 4.58. The number of hydrogen-bond acceptors (Lipinski definition) is 3. The Balaban J connectivity index is 1.99. The number of amides is 1. The molecule has 0 spiro atoms. The number of aromatic amines is 1. The molecule has 0 unspecified atom stereocenters. The molecule has 0 bridgehead atoms. The molecule has 1 aromatic heterocycles. The van der Waals surface area contributed by atoms with Crippen LogP contribution in [0.2, 0.25) is 5.02 Å². The normalized spacial score (nSPS) is 11.6. The summed E-state index contributed by atoms with van der Waals surface area (Å²) < 4.78 is 26.9. The number of sulfonamides is 1. The van der Waals surface area contributed by atoms with Gasteiger partial charge in [0.15, 0.2) is 0 Å². The number of aryl methyl sites for hydroxylation is 2. The van der Waals surface area contributed by atoms with Crippen molar-refractivity contribution in [1.82, 2.24) is 9.71 Å². The zero-order valence-corrected chi connectivity index (χ0v) is 15.3. The number of benzene rings is 2. The van der Waals surface area contributed by atoms with Gasteiger partial charge in [0.1, 0.15) is 0 Å². The average molecular weight is 377 g/mol. The molecule has 1 heterocycles. The summed E-state index contributed by atoms with van der Waals surface area (Å²) in [5.74, 6) is -0.676. The molecular formula is C18H17ClN2O3S. The third-order valence-corrected chi connectivity index (χ3v) is 5.75. The summed E-state index contributed by atoms with van der Waals surface area (Å²) >= 11 is 5.77. The predicted octanol–water partition coefficient (Wildman–Crippen LogP) is 3.81. The third-order valence-electron chi connectivity index (χ3n) is 4.15. The smallest absolute Gasteiger partial charge is 0.267 e. The van der Waals surface area contributed by atoms with Gasteiger partial charge in [-0.15, -0.1) is 0 Å². The minimum atomic E-state index is -3.97. The molecule has 0 aliphatic heterocycles. The first-order valence-corrected chi connectivity index (χ1v) is 9.62. The molecule has 130 valence electrons. The summed E-state index contributed by atoms with van der Waals surface area (Å²) in [4.78, 5) is 15.8. The van der Waals surface area contributed by atoms with Crippen LogP contribution in [0.3, 0.4) is 0 Å². The van der Waals surface area contributed by atoms with E-state index >= 15 is 0 Å². The highest BCUT2D eigenvalue weighted by atomic mass is 35.5. The second kappa shape index (κ2) is 6.54. The minimum absolute atomic E-state index is 0.0191. The number of fused-ring (bicyclic) bond motifs is 1. The maximum absolute atomic E-state index is 12.6. The molecule has 0 radical (unpaired) electrons. The summed E-state index contributed by atoms with van der Waals surface area (Å²) in [5, 5.41) is 1.33. The SMILES string of the molecule is CCc1[nH]c2c(C(=O)NS(=O)(=O)c3ccc(Cl)cc3)cccc2c1C. The molecular weight excluding hydrogens is 360 g/mol. The van der Waals surface area contributed by atoms with Crippen LogP contribution in [0.1, 0.15) is 28.5 Å². The lowest BCUT2D eigenvalue weighted by atomic mass is 10.1. The summed E-state index contributed by atoms with van der Waals surface area (Å²) in [6.07, 6.45) is 0.796. The van der Waals surface area contributed by atoms with Gasteiger partial charge in [-0.1, -0.05) is 30.7 Å². The van der Waals surface area contributed by atoms with Crippen LogP contribution in [-0.2, 0) is 16.4 Å². The molecule has 5 nitrogen and oxygen atoms in total. The molecule has 2 aromatic carbocycles. The number of carbonyl (C=O) groups excluding carboxylic acids is 1. The first-order chi connectivity index (χ1) is 11.8. The topological polar surface area (TPSA) is 79.0 Å². The Morgan fingerprint density at radius 3 is 2.48 bits per heavy atom. The lowest BCUT2D eigenvalue weighted by molar-refractivity contribution is 0.0983. The zero-order valence-electron chi connectivity index (χ0n) is 13.8. The van der Waals surface area contributed by atoms with Crippen molar-refractivity contribution < 1.29 is 13.2 Å². The Morgan fingerprint density at radius 1 is 1.16 bits per heavy atom. The lowest BCUT2D eigenvalue weighted by Gasteiger charge is -2.08. The van der Waals surface area contributed by atoms with Crippen molar-refractivity contribution in [1.29, 1.82) is 0 Å². The van der Waals surface area contributed by atoms with Crippen LogP contribution >= 0.6 is 11.6 Å². The Labute approximate surface area is 151 Å². The maximum atomic E-state index is 12.6. The van der Waals surface area contributed by atoms with Crippen LogP contribution in [-0.4, -0.2) is 19.3 Å². The van der Waals surface area contributed by atoms with E-state index in [9.17, 15) is 13.2 Å². The molecule has 0 aliphatic carbocycles. The summed E-state index contributed by atoms with van der Waals surface area (Å²) in [6.45, 7) is 3.99. The van der Waals surface area contributed by atoms with Gasteiger partial charge in [-0.3, -0.25) is 4.79 Å². The quantitative estimate of drug-likeness (QED) is 0.726. The van der Waals surface area contributed by atoms with Gasteiger partial charge in [-0.25, -0.2) is 13.1 Å². The highest BCUT2D eigenvalue weighted by molar-refractivity contribution is 7.90. The summed E-state index contributed by atoms with van der Waals surface area (Å²) in [5.41, 5.74) is 3.02. The molecule has 0 saturated heterocycles. The fourth-order valence-corrected chi connectivity index (χ4v) is 3.89. The van der Waals surface area contributed by atoms with Crippen molar-refractivity contribution in [3.05, 3.63) is 64.3 Å². The van der Waals surface area contributed by atoms with Crippen LogP contribution in [0.25, 0.3) is 10.9 Å². The van der Waals surface area contributed by atoms with Gasteiger partial charge < -0.3 is 4.98 Å². The molecule has 0 aliphatic rings. The Morgan fingerprint density at radius 2 is 1.84 bits per heavy atom. The van der Waals surface area contributed by atoms with Crippen LogP contribution in [0.15, 0.2) is 47.4 Å². The lowest BCUT2D eigenvalue weighted by Crippen LogP contribution is -2.30. The molecule has 3 rings (SSSR count). The second-order valence-corrected chi connectivity index (χ2v) is 7.82. The first-order valence-electron chi connectivity index (χ1n) is 7.76. The van der Waals surface area contributed by atoms with Gasteiger partial charge in [0.05, 0.1) is 16.0 Å². The number of hydrogen-bond donors (Lipinski definition) is 2. The van der Waals surface area contributed by atoms with E-state index in [-0.39, 0.29) is 10.5 Å². The molecule has 3 aromatic rings. The van der Waals surface area contributed by atoms with E-state index in [2.05, 4.69) is 9.71 Å². The van der Waals surface area contributed by atoms with E-state index in [0.29, 0.717) is 10.5 Å². The second-order valence-electron chi connectivity index (χ2n) is 5.70. The van der Waals surface area contributed by atoms with Gasteiger partial charge in [-0.05, 0) is 49.2 Å². The number of aromatic nitrogens is 1. The van der Waals surface area contributed by atoms with Gasteiger partial charge >= 0.3 is 0 Å².